The topological polar surface area (TPSA) is 54.5 Å². The van der Waals surface area contributed by atoms with Gasteiger partial charge in [0.25, 0.3) is 9.05 Å². The van der Waals surface area contributed by atoms with Crippen LogP contribution >= 0.6 is 10.7 Å². The Hall–Kier alpha value is -0.910. The number of rotatable bonds is 4. The first kappa shape index (κ1) is 13.2. The summed E-state index contributed by atoms with van der Waals surface area (Å²) >= 11 is 0. The van der Waals surface area contributed by atoms with E-state index in [9.17, 15) is 13.2 Å². The van der Waals surface area contributed by atoms with Crippen molar-refractivity contribution in [3.8, 4) is 0 Å². The van der Waals surface area contributed by atoms with Crippen LogP contribution < -0.4 is 0 Å². The van der Waals surface area contributed by atoms with E-state index in [1.54, 1.807) is 25.1 Å². The molecule has 0 saturated heterocycles. The van der Waals surface area contributed by atoms with E-state index < -0.39 is 9.05 Å². The number of nitrogens with zero attached hydrogens (tertiary/aromatic N) is 1. The van der Waals surface area contributed by atoms with Crippen molar-refractivity contribution in [2.75, 3.05) is 20.6 Å². The number of benzene rings is 1. The van der Waals surface area contributed by atoms with Crippen LogP contribution in [0, 0.1) is 0 Å². The highest BCUT2D eigenvalue weighted by molar-refractivity contribution is 8.13. The average Bonchev–Trinajstić information content (AvgIpc) is 2.15. The van der Waals surface area contributed by atoms with Gasteiger partial charge in [-0.1, -0.05) is 12.1 Å². The second-order valence-corrected chi connectivity index (χ2v) is 6.19. The molecule has 0 aliphatic rings. The molecule has 0 aliphatic heterocycles. The van der Waals surface area contributed by atoms with Crippen molar-refractivity contribution >= 4 is 25.5 Å². The quantitative estimate of drug-likeness (QED) is 0.607. The first-order valence-electron chi connectivity index (χ1n) is 4.53. The number of halogens is 1. The average molecular weight is 262 g/mol. The molecule has 0 atom stereocenters. The molecule has 1 rings (SSSR count). The summed E-state index contributed by atoms with van der Waals surface area (Å²) in [5.74, 6) is -0.146. The van der Waals surface area contributed by atoms with Crippen LogP contribution in [0.4, 0.5) is 0 Å². The lowest BCUT2D eigenvalue weighted by Crippen LogP contribution is -2.21. The van der Waals surface area contributed by atoms with Crippen LogP contribution in [0.5, 0.6) is 0 Å². The van der Waals surface area contributed by atoms with Crippen molar-refractivity contribution in [3.05, 3.63) is 29.8 Å². The molecule has 0 bridgehead atoms. The van der Waals surface area contributed by atoms with E-state index in [1.165, 1.54) is 18.2 Å². The van der Waals surface area contributed by atoms with Crippen molar-refractivity contribution in [3.63, 3.8) is 0 Å². The number of carbonyl (C=O) groups is 1. The Balaban J connectivity index is 3.04. The Morgan fingerprint density at radius 3 is 2.50 bits per heavy atom. The Bertz CT molecular complexity index is 497. The molecule has 1 aromatic carbocycles. The minimum atomic E-state index is -3.78. The van der Waals surface area contributed by atoms with Crippen molar-refractivity contribution in [2.45, 2.75) is 4.90 Å². The molecule has 1 aromatic rings. The smallest absolute Gasteiger partial charge is 0.261 e. The molecule has 0 aliphatic carbocycles. The summed E-state index contributed by atoms with van der Waals surface area (Å²) < 4.78 is 22.1. The van der Waals surface area contributed by atoms with Gasteiger partial charge in [-0.15, -0.1) is 0 Å². The summed E-state index contributed by atoms with van der Waals surface area (Å²) in [5, 5.41) is 0. The molecule has 88 valence electrons. The molecule has 6 heteroatoms. The van der Waals surface area contributed by atoms with Crippen LogP contribution in [-0.4, -0.2) is 39.7 Å². The van der Waals surface area contributed by atoms with Crippen LogP contribution in [0.25, 0.3) is 0 Å². The SMILES string of the molecule is CN(C)CC(=O)c1cccc(S(=O)(=O)Cl)c1. The fraction of sp³-hybridized carbons (Fsp3) is 0.300. The molecule has 0 radical (unpaired) electrons. The highest BCUT2D eigenvalue weighted by Gasteiger charge is 2.13. The zero-order chi connectivity index (χ0) is 12.3. The van der Waals surface area contributed by atoms with Crippen LogP contribution in [0.1, 0.15) is 10.4 Å². The Morgan fingerprint density at radius 1 is 1.38 bits per heavy atom. The highest BCUT2D eigenvalue weighted by atomic mass is 35.7. The number of likely N-dealkylation sites (N-methyl/N-ethyl adjacent to an activating group) is 1. The molecule has 0 aromatic heterocycles. The minimum absolute atomic E-state index is 0.0567. The van der Waals surface area contributed by atoms with Gasteiger partial charge >= 0.3 is 0 Å². The predicted octanol–water partition coefficient (Wildman–Crippen LogP) is 1.36. The molecule has 16 heavy (non-hydrogen) atoms. The molecule has 0 fully saturated rings. The molecule has 0 saturated carbocycles. The standard InChI is InChI=1S/C10H12ClNO3S/c1-12(2)7-10(13)8-4-3-5-9(6-8)16(11,14)15/h3-6H,7H2,1-2H3. The fourth-order valence-corrected chi connectivity index (χ4v) is 2.00. The van der Waals surface area contributed by atoms with E-state index in [0.29, 0.717) is 5.56 Å². The van der Waals surface area contributed by atoms with Crippen molar-refractivity contribution in [1.29, 1.82) is 0 Å². The van der Waals surface area contributed by atoms with E-state index in [1.807, 2.05) is 0 Å². The third kappa shape index (κ3) is 3.59. The number of carbonyl (C=O) groups excluding carboxylic acids is 1. The molecule has 0 amide bonds. The molecular formula is C10H12ClNO3S. The van der Waals surface area contributed by atoms with Gasteiger partial charge in [-0.2, -0.15) is 0 Å². The maximum atomic E-state index is 11.7. The van der Waals surface area contributed by atoms with Crippen LogP contribution in [0.15, 0.2) is 29.2 Å². The van der Waals surface area contributed by atoms with Gasteiger partial charge in [-0.05, 0) is 26.2 Å². The van der Waals surface area contributed by atoms with Gasteiger partial charge in [0.05, 0.1) is 11.4 Å². The van der Waals surface area contributed by atoms with Gasteiger partial charge in [0.1, 0.15) is 0 Å². The van der Waals surface area contributed by atoms with Crippen molar-refractivity contribution in [2.24, 2.45) is 0 Å². The number of Topliss-reactive ketones (excluding diaryl/α,β-unsaturated/α-hetero) is 1. The van der Waals surface area contributed by atoms with Gasteiger partial charge in [0.15, 0.2) is 5.78 Å². The zero-order valence-electron chi connectivity index (χ0n) is 8.97. The molecule has 4 nitrogen and oxygen atoms in total. The van der Waals surface area contributed by atoms with Gasteiger partial charge in [-0.25, -0.2) is 8.42 Å². The lowest BCUT2D eigenvalue weighted by molar-refractivity contribution is 0.0957. The first-order chi connectivity index (χ1) is 7.30. The number of hydrogen-bond acceptors (Lipinski definition) is 4. The first-order valence-corrected chi connectivity index (χ1v) is 6.84. The molecule has 0 spiro atoms. The van der Waals surface area contributed by atoms with E-state index in [0.717, 1.165) is 0 Å². The van der Waals surface area contributed by atoms with Crippen molar-refractivity contribution < 1.29 is 13.2 Å². The van der Waals surface area contributed by atoms with Crippen LogP contribution in [0.2, 0.25) is 0 Å². The zero-order valence-corrected chi connectivity index (χ0v) is 10.5. The summed E-state index contributed by atoms with van der Waals surface area (Å²) in [6, 6.07) is 5.71. The second-order valence-electron chi connectivity index (χ2n) is 3.63. The molecule has 0 N–H and O–H groups in total. The van der Waals surface area contributed by atoms with Crippen LogP contribution in [0.3, 0.4) is 0 Å². The van der Waals surface area contributed by atoms with E-state index >= 15 is 0 Å². The summed E-state index contributed by atoms with van der Waals surface area (Å²) in [7, 11) is 4.94. The third-order valence-electron chi connectivity index (χ3n) is 1.90. The Morgan fingerprint density at radius 2 is 2.00 bits per heavy atom. The van der Waals surface area contributed by atoms with Gasteiger partial charge < -0.3 is 4.90 Å². The van der Waals surface area contributed by atoms with Crippen LogP contribution in [-0.2, 0) is 9.05 Å². The second kappa shape index (κ2) is 4.95. The van der Waals surface area contributed by atoms with E-state index in [4.69, 9.17) is 10.7 Å². The summed E-state index contributed by atoms with van der Waals surface area (Å²) in [5.41, 5.74) is 0.343. The summed E-state index contributed by atoms with van der Waals surface area (Å²) in [6.07, 6.45) is 0. The van der Waals surface area contributed by atoms with E-state index in [-0.39, 0.29) is 17.2 Å². The largest absolute Gasteiger partial charge is 0.302 e. The molecule has 0 heterocycles. The number of hydrogen-bond donors (Lipinski definition) is 0. The van der Waals surface area contributed by atoms with E-state index in [2.05, 4.69) is 0 Å². The third-order valence-corrected chi connectivity index (χ3v) is 3.25. The molecule has 0 unspecified atom stereocenters. The Kier molecular flexibility index (Phi) is 4.07. The highest BCUT2D eigenvalue weighted by Crippen LogP contribution is 2.16. The summed E-state index contributed by atoms with van der Waals surface area (Å²) in [4.78, 5) is 13.3. The van der Waals surface area contributed by atoms with Gasteiger partial charge in [-0.3, -0.25) is 4.79 Å². The van der Waals surface area contributed by atoms with Crippen molar-refractivity contribution in [1.82, 2.24) is 4.90 Å². The fourth-order valence-electron chi connectivity index (χ4n) is 1.20. The predicted molar refractivity (Wildman–Crippen MR) is 62.4 cm³/mol. The van der Waals surface area contributed by atoms with Gasteiger partial charge in [0, 0.05) is 16.2 Å². The molecular weight excluding hydrogens is 250 g/mol. The normalized spacial score (nSPS) is 11.8. The lowest BCUT2D eigenvalue weighted by atomic mass is 10.1. The minimum Gasteiger partial charge on any atom is -0.302 e. The maximum Gasteiger partial charge on any atom is 0.261 e. The summed E-state index contributed by atoms with van der Waals surface area (Å²) in [6.45, 7) is 0.228. The Labute approximate surface area is 99.2 Å². The van der Waals surface area contributed by atoms with Gasteiger partial charge in [0.2, 0.25) is 0 Å². The number of ketones is 1. The monoisotopic (exact) mass is 261 g/mol. The lowest BCUT2D eigenvalue weighted by Gasteiger charge is -2.08. The maximum absolute atomic E-state index is 11.7.